The molecule has 1 aromatic rings. The highest BCUT2D eigenvalue weighted by molar-refractivity contribution is 5.51. The van der Waals surface area contributed by atoms with Crippen molar-refractivity contribution in [1.29, 1.82) is 0 Å². The molecule has 1 fully saturated rings. The molecular weight excluding hydrogens is 345 g/mol. The van der Waals surface area contributed by atoms with Gasteiger partial charge in [0.05, 0.1) is 45.2 Å². The van der Waals surface area contributed by atoms with Crippen LogP contribution in [-0.2, 0) is 0 Å². The average molecular weight is 363 g/mol. The fourth-order valence-corrected chi connectivity index (χ4v) is 2.05. The van der Waals surface area contributed by atoms with Gasteiger partial charge in [0.25, 0.3) is 5.69 Å². The Morgan fingerprint density at radius 3 is 2.11 bits per heavy atom. The fourth-order valence-electron chi connectivity index (χ4n) is 2.05. The number of nitro groups is 1. The number of likely N-dealkylation sites (N-methyl/N-ethyl adjacent to an activating group) is 1. The van der Waals surface area contributed by atoms with Gasteiger partial charge in [0.1, 0.15) is 0 Å². The summed E-state index contributed by atoms with van der Waals surface area (Å²) in [7, 11) is 4.46. The zero-order valence-electron chi connectivity index (χ0n) is 10.7. The number of hydrogen-bond acceptors (Lipinski definition) is 3. The summed E-state index contributed by atoms with van der Waals surface area (Å²) in [4.78, 5) is 12.5. The molecule has 0 aromatic heterocycles. The van der Waals surface area contributed by atoms with E-state index in [4.69, 9.17) is 0 Å². The molecule has 2 rings (SSSR count). The first-order chi connectivity index (χ1) is 7.98. The van der Waals surface area contributed by atoms with E-state index in [1.54, 1.807) is 12.1 Å². The smallest absolute Gasteiger partial charge is 0.269 e. The molecule has 6 heteroatoms. The van der Waals surface area contributed by atoms with Crippen molar-refractivity contribution in [1.82, 2.24) is 0 Å². The highest BCUT2D eigenvalue weighted by Crippen LogP contribution is 2.21. The molecule has 5 nitrogen and oxygen atoms in total. The van der Waals surface area contributed by atoms with Crippen LogP contribution in [0, 0.1) is 10.1 Å². The molecule has 0 amide bonds. The molecule has 18 heavy (non-hydrogen) atoms. The van der Waals surface area contributed by atoms with Gasteiger partial charge in [-0.25, -0.2) is 0 Å². The van der Waals surface area contributed by atoms with E-state index >= 15 is 0 Å². The molecule has 100 valence electrons. The number of piperazine rings is 1. The van der Waals surface area contributed by atoms with Crippen molar-refractivity contribution >= 4 is 11.4 Å². The number of rotatable bonds is 2. The van der Waals surface area contributed by atoms with Crippen molar-refractivity contribution in [2.75, 3.05) is 45.2 Å². The quantitative estimate of drug-likeness (QED) is 0.278. The SMILES string of the molecule is C[N+]1(C)CCN(c2ccc([N+](=O)[O-])cc2)CC1.[I-]. The molecule has 0 saturated carbocycles. The predicted molar refractivity (Wildman–Crippen MR) is 67.2 cm³/mol. The standard InChI is InChI=1S/C12H18N3O2.HI/c1-15(2)9-7-13(8-10-15)11-3-5-12(6-4-11)14(16)17;/h3-6H,7-10H2,1-2H3;1H/q+1;/p-1. The first kappa shape index (κ1) is 15.2. The number of nitro benzene ring substituents is 1. The number of benzene rings is 1. The highest BCUT2D eigenvalue weighted by atomic mass is 127. The Bertz CT molecular complexity index is 410. The van der Waals surface area contributed by atoms with E-state index in [1.807, 2.05) is 12.1 Å². The van der Waals surface area contributed by atoms with Crippen molar-refractivity contribution in [3.63, 3.8) is 0 Å². The van der Waals surface area contributed by atoms with Crippen LogP contribution in [0.5, 0.6) is 0 Å². The summed E-state index contributed by atoms with van der Waals surface area (Å²) < 4.78 is 1.05. The molecule has 0 aliphatic carbocycles. The topological polar surface area (TPSA) is 46.4 Å². The third-order valence-corrected chi connectivity index (χ3v) is 3.38. The van der Waals surface area contributed by atoms with Crippen molar-refractivity contribution in [2.24, 2.45) is 0 Å². The number of hydrogen-bond donors (Lipinski definition) is 0. The predicted octanol–water partition coefficient (Wildman–Crippen LogP) is -1.50. The summed E-state index contributed by atoms with van der Waals surface area (Å²) in [6.45, 7) is 4.23. The van der Waals surface area contributed by atoms with E-state index in [0.29, 0.717) is 0 Å². The first-order valence-corrected chi connectivity index (χ1v) is 5.79. The molecule has 0 unspecified atom stereocenters. The third-order valence-electron chi connectivity index (χ3n) is 3.38. The Morgan fingerprint density at radius 1 is 1.17 bits per heavy atom. The monoisotopic (exact) mass is 363 g/mol. The van der Waals surface area contributed by atoms with E-state index in [1.165, 1.54) is 0 Å². The number of halogens is 1. The van der Waals surface area contributed by atoms with Crippen molar-refractivity contribution in [3.8, 4) is 0 Å². The molecule has 1 saturated heterocycles. The lowest BCUT2D eigenvalue weighted by atomic mass is 10.2. The molecule has 1 aliphatic rings. The van der Waals surface area contributed by atoms with Gasteiger partial charge in [0.2, 0.25) is 0 Å². The second kappa shape index (κ2) is 5.83. The van der Waals surface area contributed by atoms with Crippen LogP contribution in [0.1, 0.15) is 0 Å². The highest BCUT2D eigenvalue weighted by Gasteiger charge is 2.24. The molecule has 0 radical (unpaired) electrons. The van der Waals surface area contributed by atoms with Gasteiger partial charge < -0.3 is 33.4 Å². The lowest BCUT2D eigenvalue weighted by molar-refractivity contribution is -0.890. The number of quaternary nitrogens is 1. The van der Waals surface area contributed by atoms with Gasteiger partial charge in [-0.2, -0.15) is 0 Å². The van der Waals surface area contributed by atoms with Gasteiger partial charge in [-0.15, -0.1) is 0 Å². The molecule has 0 spiro atoms. The van der Waals surface area contributed by atoms with Gasteiger partial charge in [-0.1, -0.05) is 0 Å². The lowest BCUT2D eigenvalue weighted by Gasteiger charge is -2.40. The Hall–Kier alpha value is -0.890. The Balaban J connectivity index is 0.00000162. The Morgan fingerprint density at radius 2 is 1.67 bits per heavy atom. The maximum Gasteiger partial charge on any atom is 0.269 e. The van der Waals surface area contributed by atoms with Gasteiger partial charge >= 0.3 is 0 Å². The molecule has 0 bridgehead atoms. The van der Waals surface area contributed by atoms with Crippen LogP contribution in [0.4, 0.5) is 11.4 Å². The van der Waals surface area contributed by atoms with Gasteiger partial charge in [-0.3, -0.25) is 10.1 Å². The number of non-ortho nitro benzene ring substituents is 1. The molecule has 1 heterocycles. The fraction of sp³-hybridized carbons (Fsp3) is 0.500. The average Bonchev–Trinajstić information content (AvgIpc) is 2.29. The summed E-state index contributed by atoms with van der Waals surface area (Å²) in [6, 6.07) is 6.82. The van der Waals surface area contributed by atoms with E-state index < -0.39 is 0 Å². The minimum absolute atomic E-state index is 0. The maximum atomic E-state index is 10.6. The van der Waals surface area contributed by atoms with E-state index in [-0.39, 0.29) is 34.6 Å². The number of anilines is 1. The van der Waals surface area contributed by atoms with E-state index in [9.17, 15) is 10.1 Å². The second-order valence-electron chi connectivity index (χ2n) is 5.14. The minimum Gasteiger partial charge on any atom is -1.00 e. The number of nitrogens with zero attached hydrogens (tertiary/aromatic N) is 3. The van der Waals surface area contributed by atoms with E-state index in [2.05, 4.69) is 19.0 Å². The summed E-state index contributed by atoms with van der Waals surface area (Å²) in [5.74, 6) is 0. The maximum absolute atomic E-state index is 10.6. The summed E-state index contributed by atoms with van der Waals surface area (Å²) in [5.41, 5.74) is 1.23. The summed E-state index contributed by atoms with van der Waals surface area (Å²) >= 11 is 0. The van der Waals surface area contributed by atoms with Crippen molar-refractivity contribution in [3.05, 3.63) is 34.4 Å². The van der Waals surface area contributed by atoms with Crippen molar-refractivity contribution < 1.29 is 33.4 Å². The van der Waals surface area contributed by atoms with Crippen LogP contribution in [0.3, 0.4) is 0 Å². The summed E-state index contributed by atoms with van der Waals surface area (Å²) in [6.07, 6.45) is 0. The van der Waals surface area contributed by atoms with Crippen LogP contribution in [0.25, 0.3) is 0 Å². The van der Waals surface area contributed by atoms with Crippen LogP contribution in [0.15, 0.2) is 24.3 Å². The van der Waals surface area contributed by atoms with Gasteiger partial charge in [-0.05, 0) is 12.1 Å². The van der Waals surface area contributed by atoms with Gasteiger partial charge in [0.15, 0.2) is 0 Å². The van der Waals surface area contributed by atoms with Crippen LogP contribution in [-0.4, -0.2) is 49.7 Å². The van der Waals surface area contributed by atoms with Crippen LogP contribution >= 0.6 is 0 Å². The van der Waals surface area contributed by atoms with Crippen molar-refractivity contribution in [2.45, 2.75) is 0 Å². The van der Waals surface area contributed by atoms with Crippen LogP contribution < -0.4 is 28.9 Å². The normalized spacial score (nSPS) is 18.0. The van der Waals surface area contributed by atoms with E-state index in [0.717, 1.165) is 36.3 Å². The van der Waals surface area contributed by atoms with Crippen LogP contribution in [0.2, 0.25) is 0 Å². The zero-order valence-corrected chi connectivity index (χ0v) is 12.8. The molecule has 0 atom stereocenters. The first-order valence-electron chi connectivity index (χ1n) is 5.79. The third kappa shape index (κ3) is 3.55. The zero-order chi connectivity index (χ0) is 12.5. The Labute approximate surface area is 124 Å². The largest absolute Gasteiger partial charge is 1.00 e. The molecule has 1 aromatic carbocycles. The Kier molecular flexibility index (Phi) is 4.92. The van der Waals surface area contributed by atoms with Gasteiger partial charge in [0, 0.05) is 17.8 Å². The molecule has 1 aliphatic heterocycles. The second-order valence-corrected chi connectivity index (χ2v) is 5.14. The molecular formula is C12H18IN3O2. The lowest BCUT2D eigenvalue weighted by Crippen LogP contribution is -3.00. The summed E-state index contributed by atoms with van der Waals surface area (Å²) in [5, 5.41) is 10.6. The minimum atomic E-state index is -0.361. The molecule has 0 N–H and O–H groups in total.